The summed E-state index contributed by atoms with van der Waals surface area (Å²) in [6.45, 7) is 7.84. The molecule has 0 saturated carbocycles. The minimum absolute atomic E-state index is 0.0512. The van der Waals surface area contributed by atoms with E-state index < -0.39 is 10.0 Å². The van der Waals surface area contributed by atoms with E-state index in [9.17, 15) is 13.2 Å². The Bertz CT molecular complexity index is 740. The summed E-state index contributed by atoms with van der Waals surface area (Å²) in [6, 6.07) is 6.53. The maximum absolute atomic E-state index is 12.8. The highest BCUT2D eigenvalue weighted by Gasteiger charge is 2.28. The summed E-state index contributed by atoms with van der Waals surface area (Å²) in [5.41, 5.74) is 0.635. The molecule has 1 N–H and O–H groups in total. The first kappa shape index (κ1) is 20.3. The second-order valence-electron chi connectivity index (χ2n) is 8.14. The van der Waals surface area contributed by atoms with Crippen LogP contribution in [0.4, 0.5) is 5.69 Å². The maximum atomic E-state index is 12.8. The number of piperidine rings is 2. The summed E-state index contributed by atoms with van der Waals surface area (Å²) in [7, 11) is -3.45. The third-order valence-electron chi connectivity index (χ3n) is 5.63. The van der Waals surface area contributed by atoms with E-state index in [0.717, 1.165) is 32.4 Å². The van der Waals surface area contributed by atoms with Crippen molar-refractivity contribution in [2.24, 2.45) is 11.8 Å². The standard InChI is InChI=1S/C20H31N3O3S/c1-16-9-12-23(13-10-16)27(25,26)19-7-5-18(6-8-19)21-20(24)15-22-11-3-4-17(2)14-22/h5-8,16-17H,3-4,9-15H2,1-2H3,(H,21,24). The lowest BCUT2D eigenvalue weighted by atomic mass is 10.0. The topological polar surface area (TPSA) is 69.7 Å². The molecule has 1 aromatic carbocycles. The molecule has 7 heteroatoms. The summed E-state index contributed by atoms with van der Waals surface area (Å²) in [5, 5.41) is 2.88. The van der Waals surface area contributed by atoms with Crippen LogP contribution < -0.4 is 5.32 Å². The minimum Gasteiger partial charge on any atom is -0.325 e. The van der Waals surface area contributed by atoms with Gasteiger partial charge in [-0.1, -0.05) is 13.8 Å². The van der Waals surface area contributed by atoms with E-state index in [2.05, 4.69) is 24.1 Å². The first-order valence-corrected chi connectivity index (χ1v) is 11.4. The fourth-order valence-electron chi connectivity index (χ4n) is 3.92. The molecular formula is C20H31N3O3S. The number of sulfonamides is 1. The zero-order valence-electron chi connectivity index (χ0n) is 16.4. The summed E-state index contributed by atoms with van der Waals surface area (Å²) >= 11 is 0. The Kier molecular flexibility index (Phi) is 6.55. The fraction of sp³-hybridized carbons (Fsp3) is 0.650. The second-order valence-corrected chi connectivity index (χ2v) is 10.1. The van der Waals surface area contributed by atoms with Crippen LogP contribution in [-0.2, 0) is 14.8 Å². The van der Waals surface area contributed by atoms with Gasteiger partial charge < -0.3 is 5.32 Å². The van der Waals surface area contributed by atoms with E-state index in [0.29, 0.717) is 42.1 Å². The number of amides is 1. The highest BCUT2D eigenvalue weighted by atomic mass is 32.2. The Hall–Kier alpha value is -1.44. The van der Waals surface area contributed by atoms with Gasteiger partial charge in [0.25, 0.3) is 0 Å². The first-order valence-electron chi connectivity index (χ1n) is 9.97. The first-order chi connectivity index (χ1) is 12.8. The van der Waals surface area contributed by atoms with E-state index in [1.54, 1.807) is 28.6 Å². The Morgan fingerprint density at radius 2 is 1.70 bits per heavy atom. The van der Waals surface area contributed by atoms with Gasteiger partial charge in [0.15, 0.2) is 0 Å². The average molecular weight is 394 g/mol. The van der Waals surface area contributed by atoms with Crippen LogP contribution in [0, 0.1) is 11.8 Å². The Balaban J connectivity index is 1.57. The second kappa shape index (κ2) is 8.71. The van der Waals surface area contributed by atoms with E-state index >= 15 is 0 Å². The number of rotatable bonds is 5. The lowest BCUT2D eigenvalue weighted by molar-refractivity contribution is -0.117. The molecule has 0 radical (unpaired) electrons. The van der Waals surface area contributed by atoms with Gasteiger partial charge in [-0.15, -0.1) is 0 Å². The van der Waals surface area contributed by atoms with Gasteiger partial charge in [0, 0.05) is 25.3 Å². The lowest BCUT2D eigenvalue weighted by Gasteiger charge is -2.30. The van der Waals surface area contributed by atoms with Gasteiger partial charge in [-0.3, -0.25) is 9.69 Å². The van der Waals surface area contributed by atoms with E-state index in [1.165, 1.54) is 6.42 Å². The molecule has 1 atom stereocenters. The quantitative estimate of drug-likeness (QED) is 0.835. The number of nitrogens with one attached hydrogen (secondary N) is 1. The van der Waals surface area contributed by atoms with Gasteiger partial charge in [-0.25, -0.2) is 8.42 Å². The zero-order valence-corrected chi connectivity index (χ0v) is 17.2. The monoisotopic (exact) mass is 393 g/mol. The van der Waals surface area contributed by atoms with Crippen molar-refractivity contribution in [3.63, 3.8) is 0 Å². The lowest BCUT2D eigenvalue weighted by Crippen LogP contribution is -2.39. The van der Waals surface area contributed by atoms with Crippen molar-refractivity contribution in [1.82, 2.24) is 9.21 Å². The van der Waals surface area contributed by atoms with Crippen LogP contribution in [0.2, 0.25) is 0 Å². The van der Waals surface area contributed by atoms with Crippen molar-refractivity contribution in [2.75, 3.05) is 38.0 Å². The largest absolute Gasteiger partial charge is 0.325 e. The number of carbonyl (C=O) groups is 1. The molecule has 6 nitrogen and oxygen atoms in total. The van der Waals surface area contributed by atoms with E-state index in [-0.39, 0.29) is 5.91 Å². The van der Waals surface area contributed by atoms with Crippen LogP contribution in [0.5, 0.6) is 0 Å². The van der Waals surface area contributed by atoms with Gasteiger partial charge in [0.1, 0.15) is 0 Å². The van der Waals surface area contributed by atoms with Crippen LogP contribution in [-0.4, -0.2) is 56.3 Å². The molecule has 1 amide bonds. The van der Waals surface area contributed by atoms with Gasteiger partial charge in [-0.05, 0) is 68.3 Å². The van der Waals surface area contributed by atoms with Crippen LogP contribution in [0.25, 0.3) is 0 Å². The molecule has 1 unspecified atom stereocenters. The van der Waals surface area contributed by atoms with Crippen LogP contribution in [0.15, 0.2) is 29.2 Å². The molecule has 0 aromatic heterocycles. The maximum Gasteiger partial charge on any atom is 0.243 e. The number of anilines is 1. The predicted octanol–water partition coefficient (Wildman–Crippen LogP) is 2.78. The molecule has 2 heterocycles. The van der Waals surface area contributed by atoms with Crippen molar-refractivity contribution in [3.05, 3.63) is 24.3 Å². The van der Waals surface area contributed by atoms with Crippen molar-refractivity contribution in [2.45, 2.75) is 44.4 Å². The third-order valence-corrected chi connectivity index (χ3v) is 7.54. The summed E-state index contributed by atoms with van der Waals surface area (Å²) in [4.78, 5) is 14.7. The van der Waals surface area contributed by atoms with E-state index in [4.69, 9.17) is 0 Å². The molecule has 2 aliphatic heterocycles. The zero-order chi connectivity index (χ0) is 19.4. The minimum atomic E-state index is -3.45. The molecule has 2 saturated heterocycles. The molecule has 0 bridgehead atoms. The van der Waals surface area contributed by atoms with Gasteiger partial charge in [0.2, 0.25) is 15.9 Å². The number of benzene rings is 1. The average Bonchev–Trinajstić information content (AvgIpc) is 2.62. The highest BCUT2D eigenvalue weighted by molar-refractivity contribution is 7.89. The molecular weight excluding hydrogens is 362 g/mol. The number of hydrogen-bond donors (Lipinski definition) is 1. The van der Waals surface area contributed by atoms with Crippen molar-refractivity contribution in [3.8, 4) is 0 Å². The molecule has 27 heavy (non-hydrogen) atoms. The Morgan fingerprint density at radius 1 is 1.04 bits per heavy atom. The van der Waals surface area contributed by atoms with Crippen molar-refractivity contribution < 1.29 is 13.2 Å². The van der Waals surface area contributed by atoms with Gasteiger partial charge in [0.05, 0.1) is 11.4 Å². The van der Waals surface area contributed by atoms with Crippen LogP contribution in [0.1, 0.15) is 39.5 Å². The number of carbonyl (C=O) groups excluding carboxylic acids is 1. The van der Waals surface area contributed by atoms with E-state index in [1.807, 2.05) is 0 Å². The van der Waals surface area contributed by atoms with Crippen molar-refractivity contribution in [1.29, 1.82) is 0 Å². The summed E-state index contributed by atoms with van der Waals surface area (Å²) in [5.74, 6) is 1.16. The molecule has 2 fully saturated rings. The number of likely N-dealkylation sites (tertiary alicyclic amines) is 1. The van der Waals surface area contributed by atoms with Gasteiger partial charge in [-0.2, -0.15) is 4.31 Å². The van der Waals surface area contributed by atoms with Crippen LogP contribution >= 0.6 is 0 Å². The molecule has 150 valence electrons. The SMILES string of the molecule is CC1CCN(S(=O)(=O)c2ccc(NC(=O)CN3CCCC(C)C3)cc2)CC1. The number of nitrogens with zero attached hydrogens (tertiary/aromatic N) is 2. The molecule has 0 aliphatic carbocycles. The van der Waals surface area contributed by atoms with Gasteiger partial charge >= 0.3 is 0 Å². The normalized spacial score (nSPS) is 23.3. The molecule has 0 spiro atoms. The summed E-state index contributed by atoms with van der Waals surface area (Å²) < 4.78 is 27.1. The highest BCUT2D eigenvalue weighted by Crippen LogP contribution is 2.24. The Labute approximate surface area is 163 Å². The molecule has 1 aromatic rings. The predicted molar refractivity (Wildman–Crippen MR) is 107 cm³/mol. The Morgan fingerprint density at radius 3 is 2.33 bits per heavy atom. The smallest absolute Gasteiger partial charge is 0.243 e. The molecule has 2 aliphatic rings. The van der Waals surface area contributed by atoms with Crippen LogP contribution in [0.3, 0.4) is 0 Å². The third kappa shape index (κ3) is 5.30. The molecule has 3 rings (SSSR count). The summed E-state index contributed by atoms with van der Waals surface area (Å²) in [6.07, 6.45) is 4.17. The number of hydrogen-bond acceptors (Lipinski definition) is 4. The van der Waals surface area contributed by atoms with Crippen molar-refractivity contribution >= 4 is 21.6 Å². The fourth-order valence-corrected chi connectivity index (χ4v) is 5.39.